The first kappa shape index (κ1) is 18.6. The quantitative estimate of drug-likeness (QED) is 0.447. The number of fused-ring (bicyclic) bond motifs is 2. The molecule has 140 valence electrons. The van der Waals surface area contributed by atoms with E-state index in [2.05, 4.69) is 13.8 Å². The first-order valence-corrected chi connectivity index (χ1v) is 9.60. The summed E-state index contributed by atoms with van der Waals surface area (Å²) in [6.45, 7) is 9.07. The van der Waals surface area contributed by atoms with Crippen LogP contribution in [0.25, 0.3) is 0 Å². The number of aryl methyl sites for hydroxylation is 1. The predicted octanol–water partition coefficient (Wildman–Crippen LogP) is 3.18. The van der Waals surface area contributed by atoms with Crippen LogP contribution in [-0.2, 0) is 19.8 Å². The molecule has 0 N–H and O–H groups in total. The fraction of sp³-hybridized carbons (Fsp3) is 0.571. The SMILES string of the molecule is CCN1C(=O)C2(CC(=O)N(CCCCC(C)C)C2=O)c2cc(C)ccc21. The molecule has 0 saturated carbocycles. The van der Waals surface area contributed by atoms with Gasteiger partial charge in [-0.25, -0.2) is 0 Å². The molecule has 2 aliphatic heterocycles. The topological polar surface area (TPSA) is 57.7 Å². The minimum Gasteiger partial charge on any atom is -0.311 e. The van der Waals surface area contributed by atoms with Gasteiger partial charge in [0.25, 0.3) is 0 Å². The van der Waals surface area contributed by atoms with Gasteiger partial charge in [-0.05, 0) is 32.3 Å². The summed E-state index contributed by atoms with van der Waals surface area (Å²) in [5.41, 5.74) is 1.12. The highest BCUT2D eigenvalue weighted by Gasteiger charge is 2.63. The first-order valence-electron chi connectivity index (χ1n) is 9.60. The van der Waals surface area contributed by atoms with Gasteiger partial charge in [-0.3, -0.25) is 19.3 Å². The summed E-state index contributed by atoms with van der Waals surface area (Å²) in [5.74, 6) is -0.197. The summed E-state index contributed by atoms with van der Waals surface area (Å²) >= 11 is 0. The fourth-order valence-electron chi connectivity index (χ4n) is 4.16. The zero-order chi connectivity index (χ0) is 19.1. The number of unbranched alkanes of at least 4 members (excludes halogenated alkanes) is 1. The van der Waals surface area contributed by atoms with Crippen LogP contribution in [-0.4, -0.2) is 35.7 Å². The van der Waals surface area contributed by atoms with E-state index in [9.17, 15) is 14.4 Å². The molecule has 0 aromatic heterocycles. The summed E-state index contributed by atoms with van der Waals surface area (Å²) in [6, 6.07) is 5.74. The first-order chi connectivity index (χ1) is 12.3. The molecule has 0 bridgehead atoms. The molecule has 1 atom stereocenters. The van der Waals surface area contributed by atoms with Crippen molar-refractivity contribution in [1.82, 2.24) is 4.90 Å². The number of hydrogen-bond donors (Lipinski definition) is 0. The third-order valence-electron chi connectivity index (χ3n) is 5.57. The zero-order valence-electron chi connectivity index (χ0n) is 16.2. The predicted molar refractivity (Wildman–Crippen MR) is 101 cm³/mol. The highest BCUT2D eigenvalue weighted by molar-refractivity contribution is 6.28. The largest absolute Gasteiger partial charge is 0.311 e. The Morgan fingerprint density at radius 1 is 1.08 bits per heavy atom. The van der Waals surface area contributed by atoms with E-state index >= 15 is 0 Å². The van der Waals surface area contributed by atoms with Crippen LogP contribution in [0.1, 0.15) is 57.6 Å². The van der Waals surface area contributed by atoms with Crippen LogP contribution in [0.4, 0.5) is 5.69 Å². The summed E-state index contributed by atoms with van der Waals surface area (Å²) in [6.07, 6.45) is 2.80. The van der Waals surface area contributed by atoms with Crippen molar-refractivity contribution < 1.29 is 14.4 Å². The van der Waals surface area contributed by atoms with Crippen LogP contribution >= 0.6 is 0 Å². The van der Waals surface area contributed by atoms with Crippen molar-refractivity contribution in [2.24, 2.45) is 5.92 Å². The number of rotatable bonds is 6. The number of likely N-dealkylation sites (N-methyl/N-ethyl adjacent to an activating group) is 1. The number of likely N-dealkylation sites (tertiary alicyclic amines) is 1. The Morgan fingerprint density at radius 3 is 2.42 bits per heavy atom. The highest BCUT2D eigenvalue weighted by atomic mass is 16.2. The molecule has 1 unspecified atom stereocenters. The average molecular weight is 356 g/mol. The van der Waals surface area contributed by atoms with Crippen LogP contribution in [0.2, 0.25) is 0 Å². The highest BCUT2D eigenvalue weighted by Crippen LogP contribution is 2.48. The zero-order valence-corrected chi connectivity index (χ0v) is 16.2. The van der Waals surface area contributed by atoms with Gasteiger partial charge >= 0.3 is 0 Å². The molecule has 2 aliphatic rings. The number of amides is 3. The molecule has 0 radical (unpaired) electrons. The third kappa shape index (κ3) is 2.74. The molecule has 3 rings (SSSR count). The minimum atomic E-state index is -1.34. The van der Waals surface area contributed by atoms with E-state index in [1.807, 2.05) is 32.0 Å². The van der Waals surface area contributed by atoms with Crippen molar-refractivity contribution in [1.29, 1.82) is 0 Å². The Morgan fingerprint density at radius 2 is 1.77 bits per heavy atom. The second-order valence-corrected chi connectivity index (χ2v) is 7.89. The Balaban J connectivity index is 1.91. The monoisotopic (exact) mass is 356 g/mol. The number of nitrogens with zero attached hydrogens (tertiary/aromatic N) is 2. The number of anilines is 1. The standard InChI is InChI=1S/C21H28N2O3/c1-5-22-17-10-9-15(4)12-16(17)21(19(22)25)13-18(24)23(20(21)26)11-7-6-8-14(2)3/h9-10,12,14H,5-8,11,13H2,1-4H3. The van der Waals surface area contributed by atoms with Crippen molar-refractivity contribution in [2.75, 3.05) is 18.0 Å². The number of benzene rings is 1. The maximum Gasteiger partial charge on any atom is 0.250 e. The van der Waals surface area contributed by atoms with E-state index in [1.165, 1.54) is 4.90 Å². The minimum absolute atomic E-state index is 0.0399. The number of imide groups is 1. The summed E-state index contributed by atoms with van der Waals surface area (Å²) < 4.78 is 0. The van der Waals surface area contributed by atoms with Gasteiger partial charge in [-0.1, -0.05) is 44.4 Å². The smallest absolute Gasteiger partial charge is 0.250 e. The number of hydrogen-bond acceptors (Lipinski definition) is 3. The van der Waals surface area contributed by atoms with Crippen LogP contribution < -0.4 is 4.90 Å². The molecule has 26 heavy (non-hydrogen) atoms. The molecule has 5 heteroatoms. The molecular formula is C21H28N2O3. The summed E-state index contributed by atoms with van der Waals surface area (Å²) in [4.78, 5) is 42.1. The molecular weight excluding hydrogens is 328 g/mol. The van der Waals surface area contributed by atoms with Gasteiger partial charge in [-0.15, -0.1) is 0 Å². The molecule has 1 spiro atoms. The Bertz CT molecular complexity index is 756. The van der Waals surface area contributed by atoms with E-state index in [4.69, 9.17) is 0 Å². The lowest BCUT2D eigenvalue weighted by Gasteiger charge is -2.22. The third-order valence-corrected chi connectivity index (χ3v) is 5.57. The van der Waals surface area contributed by atoms with Crippen molar-refractivity contribution >= 4 is 23.4 Å². The molecule has 3 amide bonds. The normalized spacial score (nSPS) is 22.3. The maximum atomic E-state index is 13.3. The molecule has 0 aliphatic carbocycles. The lowest BCUT2D eigenvalue weighted by Crippen LogP contribution is -2.46. The molecule has 1 aromatic carbocycles. The Labute approximate surface area is 155 Å². The van der Waals surface area contributed by atoms with E-state index in [1.54, 1.807) is 4.90 Å². The van der Waals surface area contributed by atoms with Crippen LogP contribution in [0.15, 0.2) is 18.2 Å². The van der Waals surface area contributed by atoms with E-state index < -0.39 is 5.41 Å². The van der Waals surface area contributed by atoms with Crippen molar-refractivity contribution in [3.05, 3.63) is 29.3 Å². The van der Waals surface area contributed by atoms with Crippen LogP contribution in [0, 0.1) is 12.8 Å². The van der Waals surface area contributed by atoms with Gasteiger partial charge in [0.1, 0.15) is 0 Å². The van der Waals surface area contributed by atoms with Gasteiger partial charge in [0.2, 0.25) is 17.7 Å². The number of carbonyl (C=O) groups excluding carboxylic acids is 3. The van der Waals surface area contributed by atoms with E-state index in [-0.39, 0.29) is 24.1 Å². The van der Waals surface area contributed by atoms with E-state index in [0.717, 1.165) is 30.5 Å². The van der Waals surface area contributed by atoms with Crippen LogP contribution in [0.3, 0.4) is 0 Å². The maximum absolute atomic E-state index is 13.3. The Hall–Kier alpha value is -2.17. The average Bonchev–Trinajstić information content (AvgIpc) is 2.97. The van der Waals surface area contributed by atoms with Gasteiger partial charge in [0.15, 0.2) is 5.41 Å². The fourth-order valence-corrected chi connectivity index (χ4v) is 4.16. The van der Waals surface area contributed by atoms with Crippen molar-refractivity contribution in [3.8, 4) is 0 Å². The Kier molecular flexibility index (Phi) is 4.91. The second kappa shape index (κ2) is 6.86. The van der Waals surface area contributed by atoms with Crippen LogP contribution in [0.5, 0.6) is 0 Å². The van der Waals surface area contributed by atoms with E-state index in [0.29, 0.717) is 24.6 Å². The van der Waals surface area contributed by atoms with Gasteiger partial charge < -0.3 is 4.90 Å². The van der Waals surface area contributed by atoms with Crippen molar-refractivity contribution in [2.45, 2.75) is 58.8 Å². The number of carbonyl (C=O) groups is 3. The second-order valence-electron chi connectivity index (χ2n) is 7.89. The molecule has 1 aromatic rings. The summed E-state index contributed by atoms with van der Waals surface area (Å²) in [7, 11) is 0. The molecule has 2 heterocycles. The van der Waals surface area contributed by atoms with Gasteiger partial charge in [0.05, 0.1) is 6.42 Å². The van der Waals surface area contributed by atoms with Gasteiger partial charge in [0, 0.05) is 24.3 Å². The van der Waals surface area contributed by atoms with Gasteiger partial charge in [-0.2, -0.15) is 0 Å². The van der Waals surface area contributed by atoms with Crippen molar-refractivity contribution in [3.63, 3.8) is 0 Å². The summed E-state index contributed by atoms with van der Waals surface area (Å²) in [5, 5.41) is 0. The molecule has 1 fully saturated rings. The molecule has 1 saturated heterocycles. The molecule has 5 nitrogen and oxygen atoms in total. The lowest BCUT2D eigenvalue weighted by atomic mass is 9.79. The lowest BCUT2D eigenvalue weighted by molar-refractivity contribution is -0.141.